The molecule has 0 N–H and O–H groups in total. The van der Waals surface area contributed by atoms with E-state index in [4.69, 9.17) is 0 Å². The fraction of sp³-hybridized carbons (Fsp3) is 0.600. The van der Waals surface area contributed by atoms with E-state index in [-0.39, 0.29) is 6.20 Å². The number of alkyl halides is 6. The second kappa shape index (κ2) is 5.42. The van der Waals surface area contributed by atoms with E-state index in [9.17, 15) is 30.9 Å². The van der Waals surface area contributed by atoms with Crippen LogP contribution in [0.3, 0.4) is 0 Å². The summed E-state index contributed by atoms with van der Waals surface area (Å²) >= 11 is -1.89. The highest BCUT2D eigenvalue weighted by molar-refractivity contribution is 7.90. The summed E-state index contributed by atoms with van der Waals surface area (Å²) < 4.78 is 97.4. The van der Waals surface area contributed by atoms with Crippen LogP contribution in [-0.2, 0) is 22.1 Å². The van der Waals surface area contributed by atoms with Gasteiger partial charge in [-0.15, -0.1) is 4.98 Å². The summed E-state index contributed by atoms with van der Waals surface area (Å²) in [5.41, 5.74) is -4.49. The molecular weight excluding hydrogens is 342 g/mol. The first kappa shape index (κ1) is 17.1. The summed E-state index contributed by atoms with van der Waals surface area (Å²) in [7, 11) is 0. The van der Waals surface area contributed by atoms with Crippen LogP contribution in [0.25, 0.3) is 0 Å². The zero-order valence-electron chi connectivity index (χ0n) is 10.8. The van der Waals surface area contributed by atoms with Crippen molar-refractivity contribution in [3.8, 4) is 5.88 Å². The maximum Gasteiger partial charge on any atom is 0.432 e. The lowest BCUT2D eigenvalue weighted by Crippen LogP contribution is -2.64. The number of nitrogens with zero attached hydrogens (tertiary/aromatic N) is 2. The van der Waals surface area contributed by atoms with Gasteiger partial charge in [0.1, 0.15) is 11.8 Å². The van der Waals surface area contributed by atoms with Crippen LogP contribution in [-0.4, -0.2) is 45.8 Å². The van der Waals surface area contributed by atoms with Gasteiger partial charge in [0.25, 0.3) is 5.60 Å². The van der Waals surface area contributed by atoms with Gasteiger partial charge in [-0.05, 0) is 0 Å². The molecule has 1 atom stereocenters. The Morgan fingerprint density at radius 3 is 2.23 bits per heavy atom. The Bertz CT molecular complexity index is 559. The summed E-state index contributed by atoms with van der Waals surface area (Å²) in [6.07, 6.45) is -8.67. The third-order valence-electron chi connectivity index (χ3n) is 2.77. The maximum absolute atomic E-state index is 12.9. The van der Waals surface area contributed by atoms with Crippen molar-refractivity contribution in [2.75, 3.05) is 19.5 Å². The first-order valence-electron chi connectivity index (χ1n) is 5.57. The molecule has 1 saturated heterocycles. The summed E-state index contributed by atoms with van der Waals surface area (Å²) in [6.45, 7) is -1.91. The summed E-state index contributed by atoms with van der Waals surface area (Å²) in [4.78, 5) is 6.43. The molecule has 2 heterocycles. The van der Waals surface area contributed by atoms with Gasteiger partial charge >= 0.3 is 17.5 Å². The molecule has 124 valence electrons. The van der Waals surface area contributed by atoms with E-state index in [1.165, 1.54) is 0 Å². The van der Waals surface area contributed by atoms with Crippen molar-refractivity contribution < 1.29 is 40.4 Å². The van der Waals surface area contributed by atoms with Crippen LogP contribution >= 0.6 is 0 Å². The molecule has 0 aliphatic carbocycles. The molecule has 1 aromatic rings. The SMILES string of the molecule is C[S+]([O-])c1ncc(C(F)(F)F)c(OC2(C(F)(F)F)COC2)n1. The topological polar surface area (TPSA) is 67.3 Å². The van der Waals surface area contributed by atoms with Crippen LogP contribution < -0.4 is 4.74 Å². The van der Waals surface area contributed by atoms with Crippen molar-refractivity contribution in [3.63, 3.8) is 0 Å². The van der Waals surface area contributed by atoms with Crippen molar-refractivity contribution in [2.24, 2.45) is 0 Å². The zero-order valence-corrected chi connectivity index (χ0v) is 11.6. The minimum absolute atomic E-state index is 0.239. The monoisotopic (exact) mass is 350 g/mol. The molecule has 1 aromatic heterocycles. The smallest absolute Gasteiger partial charge is 0.432 e. The molecule has 0 saturated carbocycles. The first-order chi connectivity index (χ1) is 9.96. The highest BCUT2D eigenvalue weighted by Crippen LogP contribution is 2.43. The van der Waals surface area contributed by atoms with Crippen molar-refractivity contribution in [1.82, 2.24) is 9.97 Å². The molecule has 0 amide bonds. The number of halogens is 6. The predicted molar refractivity (Wildman–Crippen MR) is 59.6 cm³/mol. The van der Waals surface area contributed by atoms with Crippen LogP contribution in [0.4, 0.5) is 26.3 Å². The van der Waals surface area contributed by atoms with Gasteiger partial charge in [-0.2, -0.15) is 31.3 Å². The second-order valence-electron chi connectivity index (χ2n) is 4.41. The average Bonchev–Trinajstić information content (AvgIpc) is 2.30. The van der Waals surface area contributed by atoms with Crippen molar-refractivity contribution >= 4 is 11.2 Å². The van der Waals surface area contributed by atoms with Crippen molar-refractivity contribution in [1.29, 1.82) is 0 Å². The largest absolute Gasteiger partial charge is 0.609 e. The molecule has 0 bridgehead atoms. The molecule has 1 unspecified atom stereocenters. The highest BCUT2D eigenvalue weighted by Gasteiger charge is 2.63. The van der Waals surface area contributed by atoms with Gasteiger partial charge in [0, 0.05) is 11.2 Å². The molecule has 1 fully saturated rings. The lowest BCUT2D eigenvalue weighted by molar-refractivity contribution is -0.324. The van der Waals surface area contributed by atoms with Gasteiger partial charge in [-0.3, -0.25) is 0 Å². The molecule has 1 aliphatic rings. The van der Waals surface area contributed by atoms with Gasteiger partial charge in [-0.25, -0.2) is 0 Å². The Hall–Kier alpha value is -1.27. The Kier molecular flexibility index (Phi) is 4.21. The molecule has 12 heteroatoms. The molecule has 22 heavy (non-hydrogen) atoms. The van der Waals surface area contributed by atoms with E-state index in [2.05, 4.69) is 19.4 Å². The lowest BCUT2D eigenvalue weighted by Gasteiger charge is -2.41. The Morgan fingerprint density at radius 2 is 1.86 bits per heavy atom. The zero-order chi connectivity index (χ0) is 16.8. The Balaban J connectivity index is 2.46. The average molecular weight is 350 g/mol. The number of aromatic nitrogens is 2. The minimum Gasteiger partial charge on any atom is -0.609 e. The third kappa shape index (κ3) is 3.08. The predicted octanol–water partition coefficient (Wildman–Crippen LogP) is 1.94. The molecule has 5 nitrogen and oxygen atoms in total. The number of hydrogen-bond donors (Lipinski definition) is 0. The fourth-order valence-corrected chi connectivity index (χ4v) is 1.93. The van der Waals surface area contributed by atoms with Gasteiger partial charge in [0.2, 0.25) is 5.88 Å². The van der Waals surface area contributed by atoms with Crippen LogP contribution in [0.5, 0.6) is 5.88 Å². The summed E-state index contributed by atoms with van der Waals surface area (Å²) in [5.74, 6) is -1.33. The van der Waals surface area contributed by atoms with E-state index < -0.39 is 58.9 Å². The minimum atomic E-state index is -5.03. The normalized spacial score (nSPS) is 19.5. The molecule has 0 spiro atoms. The molecular formula is C10H8F6N2O3S. The molecule has 0 aromatic carbocycles. The van der Waals surface area contributed by atoms with E-state index in [0.717, 1.165) is 6.26 Å². The van der Waals surface area contributed by atoms with E-state index in [0.29, 0.717) is 0 Å². The van der Waals surface area contributed by atoms with E-state index in [1.807, 2.05) is 0 Å². The van der Waals surface area contributed by atoms with Gasteiger partial charge in [-0.1, -0.05) is 0 Å². The molecule has 0 radical (unpaired) electrons. The number of hydrogen-bond acceptors (Lipinski definition) is 5. The van der Waals surface area contributed by atoms with Crippen LogP contribution in [0.1, 0.15) is 5.56 Å². The first-order valence-corrected chi connectivity index (χ1v) is 7.13. The highest BCUT2D eigenvalue weighted by atomic mass is 32.2. The summed E-state index contributed by atoms with van der Waals surface area (Å²) in [6, 6.07) is 0. The van der Waals surface area contributed by atoms with Crippen molar-refractivity contribution in [3.05, 3.63) is 11.8 Å². The number of rotatable bonds is 3. The fourth-order valence-electron chi connectivity index (χ4n) is 1.51. The Labute approximate surface area is 122 Å². The summed E-state index contributed by atoms with van der Waals surface area (Å²) in [5, 5.41) is -0.569. The van der Waals surface area contributed by atoms with Crippen LogP contribution in [0, 0.1) is 0 Å². The Morgan fingerprint density at radius 1 is 1.27 bits per heavy atom. The standard InChI is InChI=1S/C10H8F6N2O3S/c1-22(19)7-17-2-5(9(11,12)13)6(18-7)21-8(3-20-4-8)10(14,15)16/h2H,3-4H2,1H3. The molecule has 2 rings (SSSR count). The van der Waals surface area contributed by atoms with Crippen LogP contribution in [0.2, 0.25) is 0 Å². The lowest BCUT2D eigenvalue weighted by atomic mass is 10.0. The second-order valence-corrected chi connectivity index (χ2v) is 5.68. The van der Waals surface area contributed by atoms with Gasteiger partial charge in [0.15, 0.2) is 0 Å². The van der Waals surface area contributed by atoms with E-state index in [1.54, 1.807) is 0 Å². The number of ether oxygens (including phenoxy) is 2. The van der Waals surface area contributed by atoms with E-state index >= 15 is 0 Å². The van der Waals surface area contributed by atoms with Gasteiger partial charge in [0.05, 0.1) is 19.4 Å². The quantitative estimate of drug-likeness (QED) is 0.474. The van der Waals surface area contributed by atoms with Crippen molar-refractivity contribution in [2.45, 2.75) is 23.1 Å². The molecule has 1 aliphatic heterocycles. The van der Waals surface area contributed by atoms with Crippen LogP contribution in [0.15, 0.2) is 11.4 Å². The third-order valence-corrected chi connectivity index (χ3v) is 3.48. The maximum atomic E-state index is 12.9. The van der Waals surface area contributed by atoms with Gasteiger partial charge < -0.3 is 14.0 Å².